The number of likely N-dealkylation sites (N-methyl/N-ethyl adjacent to an activating group) is 1. The Bertz CT molecular complexity index is 195. The molecular formula is C9H15NO2. The van der Waals surface area contributed by atoms with Gasteiger partial charge < -0.3 is 4.90 Å². The van der Waals surface area contributed by atoms with Crippen LogP contribution < -0.4 is 0 Å². The van der Waals surface area contributed by atoms with Crippen LogP contribution in [0.2, 0.25) is 0 Å². The Balaban J connectivity index is 2.51. The number of ketones is 1. The summed E-state index contributed by atoms with van der Waals surface area (Å²) in [5, 5.41) is 0. The van der Waals surface area contributed by atoms with Crippen molar-refractivity contribution >= 4 is 11.7 Å². The summed E-state index contributed by atoms with van der Waals surface area (Å²) in [5.41, 5.74) is 0. The Morgan fingerprint density at radius 2 is 1.75 bits per heavy atom. The third kappa shape index (κ3) is 1.84. The normalized spacial score (nSPS) is 17.8. The molecule has 0 saturated heterocycles. The van der Waals surface area contributed by atoms with Gasteiger partial charge in [0.2, 0.25) is 5.78 Å². The summed E-state index contributed by atoms with van der Waals surface area (Å²) >= 11 is 0. The van der Waals surface area contributed by atoms with Crippen LogP contribution >= 0.6 is 0 Å². The lowest BCUT2D eigenvalue weighted by molar-refractivity contribution is -0.144. The van der Waals surface area contributed by atoms with E-state index in [0.29, 0.717) is 6.04 Å². The summed E-state index contributed by atoms with van der Waals surface area (Å²) in [7, 11) is 1.72. The number of amides is 1. The van der Waals surface area contributed by atoms with Crippen LogP contribution in [0.5, 0.6) is 0 Å². The molecule has 0 aliphatic heterocycles. The smallest absolute Gasteiger partial charge is 0.289 e. The van der Waals surface area contributed by atoms with Crippen molar-refractivity contribution in [1.82, 2.24) is 4.90 Å². The molecule has 0 heterocycles. The topological polar surface area (TPSA) is 37.4 Å². The molecule has 1 aliphatic rings. The van der Waals surface area contributed by atoms with Crippen molar-refractivity contribution in [2.24, 2.45) is 0 Å². The predicted octanol–water partition coefficient (Wildman–Crippen LogP) is 0.976. The van der Waals surface area contributed by atoms with Crippen molar-refractivity contribution in [3.8, 4) is 0 Å². The second-order valence-corrected chi connectivity index (χ2v) is 3.41. The van der Waals surface area contributed by atoms with E-state index in [1.807, 2.05) is 0 Å². The van der Waals surface area contributed by atoms with Crippen molar-refractivity contribution in [1.29, 1.82) is 0 Å². The second-order valence-electron chi connectivity index (χ2n) is 3.41. The molecule has 0 bridgehead atoms. The molecule has 68 valence electrons. The Kier molecular flexibility index (Phi) is 2.84. The minimum absolute atomic E-state index is 0.307. The summed E-state index contributed by atoms with van der Waals surface area (Å²) in [6, 6.07) is 0.307. The lowest BCUT2D eigenvalue weighted by Gasteiger charge is -2.22. The largest absolute Gasteiger partial charge is 0.336 e. The molecule has 1 rings (SSSR count). The van der Waals surface area contributed by atoms with Crippen LogP contribution in [0.4, 0.5) is 0 Å². The highest BCUT2D eigenvalue weighted by Crippen LogP contribution is 2.22. The van der Waals surface area contributed by atoms with E-state index in [9.17, 15) is 9.59 Å². The molecule has 0 aromatic rings. The monoisotopic (exact) mass is 169 g/mol. The number of hydrogen-bond donors (Lipinski definition) is 0. The quantitative estimate of drug-likeness (QED) is 0.578. The van der Waals surface area contributed by atoms with Gasteiger partial charge in [-0.3, -0.25) is 9.59 Å². The van der Waals surface area contributed by atoms with Gasteiger partial charge in [0, 0.05) is 20.0 Å². The van der Waals surface area contributed by atoms with E-state index < -0.39 is 0 Å². The maximum Gasteiger partial charge on any atom is 0.289 e. The molecule has 1 amide bonds. The number of carbonyl (C=O) groups excluding carboxylic acids is 2. The highest BCUT2D eigenvalue weighted by atomic mass is 16.2. The minimum atomic E-state index is -0.357. The first-order valence-corrected chi connectivity index (χ1v) is 4.40. The molecule has 1 aliphatic carbocycles. The average molecular weight is 169 g/mol. The van der Waals surface area contributed by atoms with Crippen molar-refractivity contribution in [2.75, 3.05) is 7.05 Å². The Labute approximate surface area is 72.7 Å². The fourth-order valence-corrected chi connectivity index (χ4v) is 1.71. The highest BCUT2D eigenvalue weighted by Gasteiger charge is 2.25. The van der Waals surface area contributed by atoms with E-state index >= 15 is 0 Å². The molecule has 1 saturated carbocycles. The Hall–Kier alpha value is -0.860. The van der Waals surface area contributed by atoms with E-state index in [4.69, 9.17) is 0 Å². The Morgan fingerprint density at radius 1 is 1.25 bits per heavy atom. The van der Waals surface area contributed by atoms with Crippen LogP contribution in [-0.2, 0) is 9.59 Å². The first-order chi connectivity index (χ1) is 5.63. The van der Waals surface area contributed by atoms with E-state index in [0.717, 1.165) is 12.8 Å². The van der Waals surface area contributed by atoms with Crippen LogP contribution in [0.3, 0.4) is 0 Å². The lowest BCUT2D eigenvalue weighted by atomic mass is 10.2. The van der Waals surface area contributed by atoms with Gasteiger partial charge in [0.15, 0.2) is 0 Å². The van der Waals surface area contributed by atoms with Crippen molar-refractivity contribution in [2.45, 2.75) is 38.6 Å². The zero-order chi connectivity index (χ0) is 9.14. The lowest BCUT2D eigenvalue weighted by Crippen LogP contribution is -2.38. The molecule has 3 heteroatoms. The number of rotatable bonds is 2. The zero-order valence-electron chi connectivity index (χ0n) is 7.67. The van der Waals surface area contributed by atoms with Crippen LogP contribution in [0.15, 0.2) is 0 Å². The first-order valence-electron chi connectivity index (χ1n) is 4.40. The number of Topliss-reactive ketones (excluding diaryl/α,β-unsaturated/α-hetero) is 1. The average Bonchev–Trinajstić information content (AvgIpc) is 2.53. The van der Waals surface area contributed by atoms with Gasteiger partial charge in [0.05, 0.1) is 0 Å². The molecule has 0 N–H and O–H groups in total. The summed E-state index contributed by atoms with van der Waals surface area (Å²) in [5.74, 6) is -0.702. The third-order valence-corrected chi connectivity index (χ3v) is 2.49. The van der Waals surface area contributed by atoms with Crippen LogP contribution in [0, 0.1) is 0 Å². The minimum Gasteiger partial charge on any atom is -0.336 e. The number of carbonyl (C=O) groups is 2. The number of nitrogens with zero attached hydrogens (tertiary/aromatic N) is 1. The van der Waals surface area contributed by atoms with Gasteiger partial charge in [0.1, 0.15) is 0 Å². The van der Waals surface area contributed by atoms with Gasteiger partial charge in [-0.15, -0.1) is 0 Å². The van der Waals surface area contributed by atoms with Gasteiger partial charge in [-0.25, -0.2) is 0 Å². The molecular weight excluding hydrogens is 154 g/mol. The molecule has 1 fully saturated rings. The van der Waals surface area contributed by atoms with Gasteiger partial charge in [-0.2, -0.15) is 0 Å². The van der Waals surface area contributed by atoms with E-state index in [1.54, 1.807) is 11.9 Å². The molecule has 0 spiro atoms. The highest BCUT2D eigenvalue weighted by molar-refractivity contribution is 6.35. The van der Waals surface area contributed by atoms with Crippen LogP contribution in [-0.4, -0.2) is 29.7 Å². The second kappa shape index (κ2) is 3.70. The SMILES string of the molecule is CC(=O)C(=O)N(C)C1CCCC1. The summed E-state index contributed by atoms with van der Waals surface area (Å²) in [4.78, 5) is 23.5. The van der Waals surface area contributed by atoms with Gasteiger partial charge in [0.25, 0.3) is 5.91 Å². The van der Waals surface area contributed by atoms with E-state index in [-0.39, 0.29) is 11.7 Å². The van der Waals surface area contributed by atoms with Crippen molar-refractivity contribution in [3.63, 3.8) is 0 Å². The van der Waals surface area contributed by atoms with Crippen molar-refractivity contribution in [3.05, 3.63) is 0 Å². The number of hydrogen-bond acceptors (Lipinski definition) is 2. The molecule has 0 aromatic carbocycles. The first kappa shape index (κ1) is 9.23. The predicted molar refractivity (Wildman–Crippen MR) is 45.7 cm³/mol. The fourth-order valence-electron chi connectivity index (χ4n) is 1.71. The molecule has 3 nitrogen and oxygen atoms in total. The summed E-state index contributed by atoms with van der Waals surface area (Å²) < 4.78 is 0. The van der Waals surface area contributed by atoms with Crippen molar-refractivity contribution < 1.29 is 9.59 Å². The zero-order valence-corrected chi connectivity index (χ0v) is 7.67. The third-order valence-electron chi connectivity index (χ3n) is 2.49. The van der Waals surface area contributed by atoms with Gasteiger partial charge in [-0.05, 0) is 12.8 Å². The maximum atomic E-state index is 11.2. The fraction of sp³-hybridized carbons (Fsp3) is 0.778. The Morgan fingerprint density at radius 3 is 2.17 bits per heavy atom. The van der Waals surface area contributed by atoms with E-state index in [1.165, 1.54) is 19.8 Å². The molecule has 0 aromatic heterocycles. The molecule has 12 heavy (non-hydrogen) atoms. The molecule has 0 unspecified atom stereocenters. The standard InChI is InChI=1S/C9H15NO2/c1-7(11)9(12)10(2)8-5-3-4-6-8/h8H,3-6H2,1-2H3. The molecule has 0 atom stereocenters. The summed E-state index contributed by atoms with van der Waals surface area (Å²) in [6.07, 6.45) is 4.46. The van der Waals surface area contributed by atoms with Crippen LogP contribution in [0.25, 0.3) is 0 Å². The van der Waals surface area contributed by atoms with E-state index in [2.05, 4.69) is 0 Å². The van der Waals surface area contributed by atoms with Gasteiger partial charge in [-0.1, -0.05) is 12.8 Å². The van der Waals surface area contributed by atoms with Gasteiger partial charge >= 0.3 is 0 Å². The molecule has 0 radical (unpaired) electrons. The summed E-state index contributed by atoms with van der Waals surface area (Å²) in [6.45, 7) is 1.33. The maximum absolute atomic E-state index is 11.2. The van der Waals surface area contributed by atoms with Crippen LogP contribution in [0.1, 0.15) is 32.6 Å².